The lowest BCUT2D eigenvalue weighted by Crippen LogP contribution is -2.43. The molecule has 152 valence electrons. The number of rotatable bonds is 8. The van der Waals surface area contributed by atoms with E-state index in [1.807, 2.05) is 33.2 Å². The van der Waals surface area contributed by atoms with Crippen molar-refractivity contribution in [2.75, 3.05) is 40.3 Å². The van der Waals surface area contributed by atoms with E-state index in [-0.39, 0.29) is 35.3 Å². The SMILES string of the molecule is CCNC(=NCC1(C(=O)N(C)C)CCCC1)NCCOc1cccnc1.I. The van der Waals surface area contributed by atoms with Crippen LogP contribution in [-0.2, 0) is 4.79 Å². The van der Waals surface area contributed by atoms with Gasteiger partial charge in [-0.15, -0.1) is 24.0 Å². The smallest absolute Gasteiger partial charge is 0.230 e. The molecule has 0 aliphatic heterocycles. The zero-order valence-electron chi connectivity index (χ0n) is 16.5. The summed E-state index contributed by atoms with van der Waals surface area (Å²) in [5.74, 6) is 1.66. The Bertz CT molecular complexity index is 589. The molecule has 0 saturated heterocycles. The number of hydrogen-bond donors (Lipinski definition) is 2. The number of pyridine rings is 1. The fourth-order valence-electron chi connectivity index (χ4n) is 3.31. The molecule has 1 heterocycles. The molecule has 2 N–H and O–H groups in total. The van der Waals surface area contributed by atoms with E-state index in [2.05, 4.69) is 15.6 Å². The molecule has 7 nitrogen and oxygen atoms in total. The quantitative estimate of drug-likeness (QED) is 0.254. The summed E-state index contributed by atoms with van der Waals surface area (Å²) < 4.78 is 5.63. The van der Waals surface area contributed by atoms with Gasteiger partial charge in [0.15, 0.2) is 5.96 Å². The minimum atomic E-state index is -0.349. The van der Waals surface area contributed by atoms with E-state index in [9.17, 15) is 4.79 Å². The normalized spacial score (nSPS) is 15.6. The lowest BCUT2D eigenvalue weighted by atomic mass is 9.85. The van der Waals surface area contributed by atoms with E-state index in [0.717, 1.165) is 43.9 Å². The van der Waals surface area contributed by atoms with Crippen LogP contribution in [0.2, 0.25) is 0 Å². The Balaban J connectivity index is 0.00000364. The van der Waals surface area contributed by atoms with Crippen LogP contribution in [0.4, 0.5) is 0 Å². The van der Waals surface area contributed by atoms with Gasteiger partial charge in [-0.05, 0) is 31.9 Å². The number of halogens is 1. The van der Waals surface area contributed by atoms with Gasteiger partial charge in [0.25, 0.3) is 0 Å². The number of aliphatic imine (C=N–C) groups is 1. The summed E-state index contributed by atoms with van der Waals surface area (Å²) in [4.78, 5) is 23.1. The van der Waals surface area contributed by atoms with E-state index in [1.54, 1.807) is 17.3 Å². The summed E-state index contributed by atoms with van der Waals surface area (Å²) in [7, 11) is 3.65. The van der Waals surface area contributed by atoms with Gasteiger partial charge < -0.3 is 20.3 Å². The van der Waals surface area contributed by atoms with Crippen molar-refractivity contribution in [2.45, 2.75) is 32.6 Å². The van der Waals surface area contributed by atoms with Crippen LogP contribution < -0.4 is 15.4 Å². The Morgan fingerprint density at radius 1 is 1.33 bits per heavy atom. The van der Waals surface area contributed by atoms with E-state index >= 15 is 0 Å². The summed E-state index contributed by atoms with van der Waals surface area (Å²) in [5, 5.41) is 6.51. The Kier molecular flexibility index (Phi) is 10.4. The highest BCUT2D eigenvalue weighted by Crippen LogP contribution is 2.39. The Morgan fingerprint density at radius 3 is 2.67 bits per heavy atom. The molecule has 0 spiro atoms. The molecule has 8 heteroatoms. The van der Waals surface area contributed by atoms with Gasteiger partial charge >= 0.3 is 0 Å². The third-order valence-electron chi connectivity index (χ3n) is 4.60. The minimum Gasteiger partial charge on any atom is -0.490 e. The predicted molar refractivity (Wildman–Crippen MR) is 119 cm³/mol. The predicted octanol–water partition coefficient (Wildman–Crippen LogP) is 2.28. The average Bonchev–Trinajstić information content (AvgIpc) is 3.13. The number of amides is 1. The summed E-state index contributed by atoms with van der Waals surface area (Å²) in [5.41, 5.74) is -0.349. The van der Waals surface area contributed by atoms with Gasteiger partial charge in [0.05, 0.1) is 24.7 Å². The summed E-state index contributed by atoms with van der Waals surface area (Å²) in [6, 6.07) is 3.72. The molecule has 1 amide bonds. The maximum Gasteiger partial charge on any atom is 0.230 e. The van der Waals surface area contributed by atoms with Gasteiger partial charge in [0, 0.05) is 26.8 Å². The Morgan fingerprint density at radius 2 is 2.07 bits per heavy atom. The number of aromatic nitrogens is 1. The average molecular weight is 489 g/mol. The van der Waals surface area contributed by atoms with Crippen molar-refractivity contribution in [3.63, 3.8) is 0 Å². The molecule has 1 aliphatic carbocycles. The van der Waals surface area contributed by atoms with Crippen LogP contribution in [0.15, 0.2) is 29.5 Å². The Hall–Kier alpha value is -1.58. The van der Waals surface area contributed by atoms with Crippen molar-refractivity contribution in [3.8, 4) is 5.75 Å². The van der Waals surface area contributed by atoms with Crippen molar-refractivity contribution in [1.82, 2.24) is 20.5 Å². The molecule has 1 aromatic rings. The second-order valence-electron chi connectivity index (χ2n) is 6.85. The van der Waals surface area contributed by atoms with Crippen LogP contribution in [0, 0.1) is 5.41 Å². The summed E-state index contributed by atoms with van der Waals surface area (Å²) in [6.45, 7) is 4.44. The van der Waals surface area contributed by atoms with Crippen LogP contribution in [0.5, 0.6) is 5.75 Å². The number of ether oxygens (including phenoxy) is 1. The van der Waals surface area contributed by atoms with Crippen molar-refractivity contribution in [2.24, 2.45) is 10.4 Å². The highest BCUT2D eigenvalue weighted by atomic mass is 127. The van der Waals surface area contributed by atoms with Gasteiger partial charge in [0.1, 0.15) is 12.4 Å². The third kappa shape index (κ3) is 7.15. The van der Waals surface area contributed by atoms with Crippen molar-refractivity contribution in [3.05, 3.63) is 24.5 Å². The molecular formula is C19H32IN5O2. The van der Waals surface area contributed by atoms with Crippen LogP contribution in [0.25, 0.3) is 0 Å². The second kappa shape index (κ2) is 12.0. The first-order valence-electron chi connectivity index (χ1n) is 9.34. The first-order chi connectivity index (χ1) is 12.6. The lowest BCUT2D eigenvalue weighted by Gasteiger charge is -2.29. The van der Waals surface area contributed by atoms with Crippen molar-refractivity contribution >= 4 is 35.8 Å². The number of guanidine groups is 1. The van der Waals surface area contributed by atoms with Crippen molar-refractivity contribution < 1.29 is 9.53 Å². The number of carbonyl (C=O) groups excluding carboxylic acids is 1. The zero-order chi connectivity index (χ0) is 18.8. The fourth-order valence-corrected chi connectivity index (χ4v) is 3.31. The van der Waals surface area contributed by atoms with Gasteiger partial charge in [-0.25, -0.2) is 0 Å². The fraction of sp³-hybridized carbons (Fsp3) is 0.632. The molecular weight excluding hydrogens is 457 g/mol. The van der Waals surface area contributed by atoms with Crippen LogP contribution in [-0.4, -0.2) is 62.1 Å². The lowest BCUT2D eigenvalue weighted by molar-refractivity contribution is -0.138. The van der Waals surface area contributed by atoms with Crippen LogP contribution in [0.1, 0.15) is 32.6 Å². The van der Waals surface area contributed by atoms with E-state index < -0.39 is 0 Å². The number of nitrogens with zero attached hydrogens (tertiary/aromatic N) is 3. The Labute approximate surface area is 179 Å². The largest absolute Gasteiger partial charge is 0.490 e. The topological polar surface area (TPSA) is 78.9 Å². The molecule has 27 heavy (non-hydrogen) atoms. The molecule has 2 rings (SSSR count). The molecule has 1 aromatic heterocycles. The van der Waals surface area contributed by atoms with Gasteiger partial charge in [-0.2, -0.15) is 0 Å². The third-order valence-corrected chi connectivity index (χ3v) is 4.60. The molecule has 1 fully saturated rings. The summed E-state index contributed by atoms with van der Waals surface area (Å²) in [6.07, 6.45) is 7.43. The molecule has 0 aromatic carbocycles. The number of hydrogen-bond acceptors (Lipinski definition) is 4. The first kappa shape index (κ1) is 23.5. The maximum atomic E-state index is 12.6. The molecule has 0 unspecified atom stereocenters. The molecule has 0 atom stereocenters. The van der Waals surface area contributed by atoms with E-state index in [4.69, 9.17) is 9.73 Å². The number of nitrogens with one attached hydrogen (secondary N) is 2. The monoisotopic (exact) mass is 489 g/mol. The first-order valence-corrected chi connectivity index (χ1v) is 9.34. The van der Waals surface area contributed by atoms with Gasteiger partial charge in [-0.3, -0.25) is 14.8 Å². The minimum absolute atomic E-state index is 0. The van der Waals surface area contributed by atoms with E-state index in [0.29, 0.717) is 19.7 Å². The van der Waals surface area contributed by atoms with Crippen LogP contribution >= 0.6 is 24.0 Å². The zero-order valence-corrected chi connectivity index (χ0v) is 18.9. The van der Waals surface area contributed by atoms with Crippen LogP contribution in [0.3, 0.4) is 0 Å². The van der Waals surface area contributed by atoms with E-state index in [1.165, 1.54) is 0 Å². The molecule has 1 saturated carbocycles. The van der Waals surface area contributed by atoms with Crippen molar-refractivity contribution in [1.29, 1.82) is 0 Å². The van der Waals surface area contributed by atoms with Gasteiger partial charge in [-0.1, -0.05) is 12.8 Å². The van der Waals surface area contributed by atoms with Gasteiger partial charge in [0.2, 0.25) is 5.91 Å². The standard InChI is InChI=1S/C19H31N5O2.HI/c1-4-21-18(22-12-13-26-16-8-7-11-20-14-16)23-15-19(9-5-6-10-19)17(25)24(2)3;/h7-8,11,14H,4-6,9-10,12-13,15H2,1-3H3,(H2,21,22,23);1H. The highest BCUT2D eigenvalue weighted by molar-refractivity contribution is 14.0. The number of carbonyl (C=O) groups is 1. The highest BCUT2D eigenvalue weighted by Gasteiger charge is 2.41. The molecule has 0 radical (unpaired) electrons. The second-order valence-corrected chi connectivity index (χ2v) is 6.85. The molecule has 0 bridgehead atoms. The maximum absolute atomic E-state index is 12.6. The summed E-state index contributed by atoms with van der Waals surface area (Å²) >= 11 is 0. The molecule has 1 aliphatic rings.